The van der Waals surface area contributed by atoms with E-state index >= 15 is 0 Å². The molecule has 0 bridgehead atoms. The zero-order valence-electron chi connectivity index (χ0n) is 10.8. The maximum atomic E-state index is 13.1. The number of rotatable bonds is 3. The fourth-order valence-corrected chi connectivity index (χ4v) is 1.96. The molecule has 7 heteroatoms. The Morgan fingerprint density at radius 2 is 1.90 bits per heavy atom. The summed E-state index contributed by atoms with van der Waals surface area (Å²) < 4.78 is 27.8. The Morgan fingerprint density at radius 3 is 2.67 bits per heavy atom. The van der Waals surface area contributed by atoms with Crippen molar-refractivity contribution in [2.45, 2.75) is 6.54 Å². The van der Waals surface area contributed by atoms with Gasteiger partial charge in [0.05, 0.1) is 6.54 Å². The molecule has 0 aliphatic heterocycles. The van der Waals surface area contributed by atoms with Crippen LogP contribution in [0.3, 0.4) is 0 Å². The Kier molecular flexibility index (Phi) is 3.31. The molecule has 2 aromatic heterocycles. The molecule has 106 valence electrons. The third-order valence-electron chi connectivity index (χ3n) is 2.92. The smallest absolute Gasteiger partial charge is 0.251 e. The lowest BCUT2D eigenvalue weighted by molar-refractivity contribution is 0.0949. The second-order valence-electron chi connectivity index (χ2n) is 4.39. The van der Waals surface area contributed by atoms with Gasteiger partial charge < -0.3 is 5.32 Å². The maximum Gasteiger partial charge on any atom is 0.251 e. The summed E-state index contributed by atoms with van der Waals surface area (Å²) >= 11 is 0. The Bertz CT molecular complexity index is 795. The van der Waals surface area contributed by atoms with E-state index in [1.165, 1.54) is 0 Å². The molecule has 0 spiro atoms. The first-order chi connectivity index (χ1) is 10.1. The first-order valence-corrected chi connectivity index (χ1v) is 6.16. The van der Waals surface area contributed by atoms with E-state index in [-0.39, 0.29) is 12.1 Å². The Morgan fingerprint density at radius 1 is 1.14 bits per heavy atom. The Labute approximate surface area is 118 Å². The van der Waals surface area contributed by atoms with Crippen molar-refractivity contribution in [2.75, 3.05) is 0 Å². The standard InChI is InChI=1S/C14H10F2N4O/c15-10-5-9(6-11(16)7-10)14(21)17-8-13-19-18-12-3-1-2-4-20(12)13/h1-7H,8H2,(H,17,21). The number of hydrogen-bond acceptors (Lipinski definition) is 3. The highest BCUT2D eigenvalue weighted by Crippen LogP contribution is 2.08. The summed E-state index contributed by atoms with van der Waals surface area (Å²) in [6.45, 7) is 0.0994. The van der Waals surface area contributed by atoms with Gasteiger partial charge in [-0.25, -0.2) is 8.78 Å². The molecule has 0 atom stereocenters. The van der Waals surface area contributed by atoms with Crippen molar-refractivity contribution in [1.82, 2.24) is 19.9 Å². The number of pyridine rings is 1. The molecule has 21 heavy (non-hydrogen) atoms. The van der Waals surface area contributed by atoms with Crippen LogP contribution in [-0.4, -0.2) is 20.5 Å². The van der Waals surface area contributed by atoms with Crippen LogP contribution < -0.4 is 5.32 Å². The molecule has 0 radical (unpaired) electrons. The van der Waals surface area contributed by atoms with Gasteiger partial charge in [-0.1, -0.05) is 6.07 Å². The summed E-state index contributed by atoms with van der Waals surface area (Å²) in [4.78, 5) is 11.9. The lowest BCUT2D eigenvalue weighted by atomic mass is 10.2. The monoisotopic (exact) mass is 288 g/mol. The van der Waals surface area contributed by atoms with Crippen molar-refractivity contribution in [3.05, 3.63) is 65.6 Å². The van der Waals surface area contributed by atoms with E-state index in [1.807, 2.05) is 12.1 Å². The minimum absolute atomic E-state index is 0.0821. The number of amides is 1. The minimum Gasteiger partial charge on any atom is -0.345 e. The van der Waals surface area contributed by atoms with Gasteiger partial charge in [-0.15, -0.1) is 10.2 Å². The SMILES string of the molecule is O=C(NCc1nnc2ccccn12)c1cc(F)cc(F)c1. The molecule has 0 aliphatic rings. The van der Waals surface area contributed by atoms with Crippen LogP contribution in [-0.2, 0) is 6.54 Å². The summed E-state index contributed by atoms with van der Waals surface area (Å²) in [7, 11) is 0. The molecular weight excluding hydrogens is 278 g/mol. The van der Waals surface area contributed by atoms with Crippen molar-refractivity contribution in [1.29, 1.82) is 0 Å². The zero-order valence-corrected chi connectivity index (χ0v) is 10.8. The summed E-state index contributed by atoms with van der Waals surface area (Å²) in [6.07, 6.45) is 1.76. The van der Waals surface area contributed by atoms with E-state index in [1.54, 1.807) is 16.7 Å². The highest BCUT2D eigenvalue weighted by Gasteiger charge is 2.11. The number of nitrogens with zero attached hydrogens (tertiary/aromatic N) is 3. The van der Waals surface area contributed by atoms with Gasteiger partial charge in [-0.3, -0.25) is 9.20 Å². The van der Waals surface area contributed by atoms with Crippen LogP contribution in [0.1, 0.15) is 16.2 Å². The molecule has 0 fully saturated rings. The fraction of sp³-hybridized carbons (Fsp3) is 0.0714. The Balaban J connectivity index is 1.76. The van der Waals surface area contributed by atoms with Crippen LogP contribution >= 0.6 is 0 Å². The zero-order chi connectivity index (χ0) is 14.8. The number of halogens is 2. The highest BCUT2D eigenvalue weighted by molar-refractivity contribution is 5.94. The van der Waals surface area contributed by atoms with Crippen LogP contribution in [0, 0.1) is 11.6 Å². The van der Waals surface area contributed by atoms with E-state index in [0.717, 1.165) is 12.1 Å². The van der Waals surface area contributed by atoms with Gasteiger partial charge in [0.25, 0.3) is 5.91 Å². The van der Waals surface area contributed by atoms with Crippen LogP contribution in [0.4, 0.5) is 8.78 Å². The van der Waals surface area contributed by atoms with Gasteiger partial charge >= 0.3 is 0 Å². The average molecular weight is 288 g/mol. The van der Waals surface area contributed by atoms with E-state index in [4.69, 9.17) is 0 Å². The second kappa shape index (κ2) is 5.28. The molecule has 0 unspecified atom stereocenters. The topological polar surface area (TPSA) is 59.3 Å². The molecule has 2 heterocycles. The second-order valence-corrected chi connectivity index (χ2v) is 4.39. The Hall–Kier alpha value is -2.83. The first-order valence-electron chi connectivity index (χ1n) is 6.16. The summed E-state index contributed by atoms with van der Waals surface area (Å²) in [5, 5.41) is 10.4. The molecule has 1 aromatic carbocycles. The summed E-state index contributed by atoms with van der Waals surface area (Å²) in [6, 6.07) is 8.06. The minimum atomic E-state index is -0.798. The van der Waals surface area contributed by atoms with Crippen LogP contribution in [0.2, 0.25) is 0 Å². The van der Waals surface area contributed by atoms with Crippen LogP contribution in [0.15, 0.2) is 42.6 Å². The molecule has 3 rings (SSSR count). The molecule has 3 aromatic rings. The number of nitrogens with one attached hydrogen (secondary N) is 1. The molecule has 1 amide bonds. The average Bonchev–Trinajstić information content (AvgIpc) is 2.87. The van der Waals surface area contributed by atoms with Crippen molar-refractivity contribution in [2.24, 2.45) is 0 Å². The van der Waals surface area contributed by atoms with Crippen LogP contribution in [0.25, 0.3) is 5.65 Å². The molecule has 0 aliphatic carbocycles. The molecule has 1 N–H and O–H groups in total. The molecule has 5 nitrogen and oxygen atoms in total. The third kappa shape index (κ3) is 2.71. The number of carbonyl (C=O) groups is 1. The molecular formula is C14H10F2N4O. The van der Waals surface area contributed by atoms with Gasteiger partial charge in [0.15, 0.2) is 11.5 Å². The van der Waals surface area contributed by atoms with E-state index in [9.17, 15) is 13.6 Å². The number of benzene rings is 1. The lowest BCUT2D eigenvalue weighted by Crippen LogP contribution is -2.24. The van der Waals surface area contributed by atoms with Crippen molar-refractivity contribution >= 4 is 11.6 Å². The van der Waals surface area contributed by atoms with Crippen molar-refractivity contribution in [3.8, 4) is 0 Å². The molecule has 0 saturated carbocycles. The number of fused-ring (bicyclic) bond motifs is 1. The lowest BCUT2D eigenvalue weighted by Gasteiger charge is -2.04. The van der Waals surface area contributed by atoms with Gasteiger partial charge in [-0.2, -0.15) is 0 Å². The predicted octanol–water partition coefficient (Wildman–Crippen LogP) is 1.94. The van der Waals surface area contributed by atoms with Gasteiger partial charge in [0.1, 0.15) is 11.6 Å². The third-order valence-corrected chi connectivity index (χ3v) is 2.92. The quantitative estimate of drug-likeness (QED) is 0.801. The van der Waals surface area contributed by atoms with Gasteiger partial charge in [0.2, 0.25) is 0 Å². The predicted molar refractivity (Wildman–Crippen MR) is 70.5 cm³/mol. The van der Waals surface area contributed by atoms with Crippen LogP contribution in [0.5, 0.6) is 0 Å². The molecule has 0 saturated heterocycles. The number of hydrogen-bond donors (Lipinski definition) is 1. The van der Waals surface area contributed by atoms with E-state index in [0.29, 0.717) is 17.5 Å². The number of carbonyl (C=O) groups excluding carboxylic acids is 1. The van der Waals surface area contributed by atoms with Crippen molar-refractivity contribution < 1.29 is 13.6 Å². The fourth-order valence-electron chi connectivity index (χ4n) is 1.96. The number of aromatic nitrogens is 3. The van der Waals surface area contributed by atoms with E-state index in [2.05, 4.69) is 15.5 Å². The normalized spacial score (nSPS) is 10.8. The maximum absolute atomic E-state index is 13.1. The van der Waals surface area contributed by atoms with Crippen molar-refractivity contribution in [3.63, 3.8) is 0 Å². The largest absolute Gasteiger partial charge is 0.345 e. The summed E-state index contributed by atoms with van der Waals surface area (Å²) in [5.41, 5.74) is 0.569. The summed E-state index contributed by atoms with van der Waals surface area (Å²) in [5.74, 6) is -1.65. The first kappa shape index (κ1) is 13.2. The van der Waals surface area contributed by atoms with Gasteiger partial charge in [-0.05, 0) is 24.3 Å². The van der Waals surface area contributed by atoms with E-state index < -0.39 is 17.5 Å². The highest BCUT2D eigenvalue weighted by atomic mass is 19.1. The van der Waals surface area contributed by atoms with Gasteiger partial charge in [0, 0.05) is 17.8 Å².